The number of aryl methyl sites for hydroxylation is 1. The third-order valence-electron chi connectivity index (χ3n) is 4.43. The molecule has 0 radical (unpaired) electrons. The zero-order chi connectivity index (χ0) is 26.3. The molecule has 0 atom stereocenters. The van der Waals surface area contributed by atoms with Crippen molar-refractivity contribution in [1.29, 1.82) is 0 Å². The van der Waals surface area contributed by atoms with E-state index in [1.807, 2.05) is 6.92 Å². The summed E-state index contributed by atoms with van der Waals surface area (Å²) < 4.78 is 60.9. The minimum atomic E-state index is -5.08. The van der Waals surface area contributed by atoms with Crippen LogP contribution in [0.25, 0.3) is 17.1 Å². The van der Waals surface area contributed by atoms with E-state index in [0.717, 1.165) is 9.25 Å². The van der Waals surface area contributed by atoms with E-state index in [0.29, 0.717) is 17.8 Å². The molecule has 3 heterocycles. The normalized spacial score (nSPS) is 10.9. The quantitative estimate of drug-likeness (QED) is 0.492. The highest BCUT2D eigenvalue weighted by molar-refractivity contribution is 5.73. The van der Waals surface area contributed by atoms with E-state index < -0.39 is 30.5 Å². The van der Waals surface area contributed by atoms with Gasteiger partial charge in [-0.25, -0.2) is 23.8 Å². The van der Waals surface area contributed by atoms with Crippen molar-refractivity contribution in [2.75, 3.05) is 6.54 Å². The molecule has 35 heavy (non-hydrogen) atoms. The van der Waals surface area contributed by atoms with Gasteiger partial charge in [-0.15, -0.1) is 0 Å². The molecule has 0 aliphatic rings. The van der Waals surface area contributed by atoms with Gasteiger partial charge in [-0.1, -0.05) is 6.07 Å². The highest BCUT2D eigenvalue weighted by Gasteiger charge is 2.38. The number of hydrogen-bond acceptors (Lipinski definition) is 6. The number of carboxylic acids is 1. The van der Waals surface area contributed by atoms with E-state index in [9.17, 15) is 31.5 Å². The van der Waals surface area contributed by atoms with Gasteiger partial charge in [0.15, 0.2) is 0 Å². The summed E-state index contributed by atoms with van der Waals surface area (Å²) in [6.45, 7) is 1.60. The first kappa shape index (κ1) is 27.1. The molecule has 0 aliphatic heterocycles. The molecular formula is C20H19F5N6O4. The van der Waals surface area contributed by atoms with Gasteiger partial charge in [0.25, 0.3) is 11.6 Å². The van der Waals surface area contributed by atoms with Crippen molar-refractivity contribution >= 4 is 5.97 Å². The molecule has 188 valence electrons. The number of carboxylic acid groups (broad SMARTS) is 1. The van der Waals surface area contributed by atoms with Gasteiger partial charge in [-0.05, 0) is 25.1 Å². The summed E-state index contributed by atoms with van der Waals surface area (Å²) in [5.41, 5.74) is 5.44. The van der Waals surface area contributed by atoms with E-state index >= 15 is 0 Å². The Morgan fingerprint density at radius 3 is 2.34 bits per heavy atom. The maximum Gasteiger partial charge on any atom is 0.490 e. The summed E-state index contributed by atoms with van der Waals surface area (Å²) in [6, 6.07) is 8.14. The first-order chi connectivity index (χ1) is 16.4. The summed E-state index contributed by atoms with van der Waals surface area (Å²) >= 11 is 0. The van der Waals surface area contributed by atoms with Crippen LogP contribution >= 0.6 is 0 Å². The molecule has 0 bridgehead atoms. The zero-order valence-corrected chi connectivity index (χ0v) is 18.0. The molecular weight excluding hydrogens is 483 g/mol. The van der Waals surface area contributed by atoms with Crippen molar-refractivity contribution in [3.8, 4) is 17.1 Å². The monoisotopic (exact) mass is 502 g/mol. The number of nitrogens with two attached hydrogens (primary N) is 1. The van der Waals surface area contributed by atoms with Gasteiger partial charge in [0.2, 0.25) is 0 Å². The third-order valence-corrected chi connectivity index (χ3v) is 4.43. The van der Waals surface area contributed by atoms with Crippen LogP contribution in [0.3, 0.4) is 0 Å². The molecule has 3 aromatic rings. The third kappa shape index (κ3) is 6.92. The highest BCUT2D eigenvalue weighted by Crippen LogP contribution is 2.17. The second-order valence-corrected chi connectivity index (χ2v) is 6.74. The molecule has 3 aromatic heterocycles. The van der Waals surface area contributed by atoms with Crippen LogP contribution in [0, 0.1) is 0 Å². The number of nitrogens with zero attached hydrogens (tertiary/aromatic N) is 5. The molecule has 10 nitrogen and oxygen atoms in total. The SMILES string of the molecule is CCn1cc(-c2cccc(-n3cnn(CC(CN)=C(F)F)c3=O)n2)ccc1=O.O=C(O)C(F)(F)F. The van der Waals surface area contributed by atoms with Crippen LogP contribution in [0.5, 0.6) is 0 Å². The van der Waals surface area contributed by atoms with E-state index in [2.05, 4.69) is 10.1 Å². The Hall–Kier alpha value is -4.14. The molecule has 0 fully saturated rings. The minimum Gasteiger partial charge on any atom is -0.475 e. The van der Waals surface area contributed by atoms with Crippen LogP contribution < -0.4 is 17.0 Å². The molecule has 15 heteroatoms. The number of halogens is 5. The lowest BCUT2D eigenvalue weighted by molar-refractivity contribution is -0.192. The number of carbonyl (C=O) groups is 1. The fraction of sp³-hybridized carbons (Fsp3) is 0.250. The van der Waals surface area contributed by atoms with Crippen molar-refractivity contribution in [2.45, 2.75) is 26.2 Å². The fourth-order valence-electron chi connectivity index (χ4n) is 2.63. The Kier molecular flexibility index (Phi) is 8.77. The van der Waals surface area contributed by atoms with Crippen molar-refractivity contribution in [3.63, 3.8) is 0 Å². The minimum absolute atomic E-state index is 0.122. The number of aromatic nitrogens is 5. The molecule has 0 spiro atoms. The number of rotatable bonds is 6. The number of hydrogen-bond donors (Lipinski definition) is 2. The smallest absolute Gasteiger partial charge is 0.475 e. The van der Waals surface area contributed by atoms with Gasteiger partial charge in [0.1, 0.15) is 12.1 Å². The van der Waals surface area contributed by atoms with Crippen LogP contribution in [0.1, 0.15) is 6.92 Å². The van der Waals surface area contributed by atoms with Gasteiger partial charge in [-0.2, -0.15) is 27.1 Å². The van der Waals surface area contributed by atoms with Crippen LogP contribution in [0.4, 0.5) is 22.0 Å². The highest BCUT2D eigenvalue weighted by atomic mass is 19.4. The Balaban J connectivity index is 0.000000540. The van der Waals surface area contributed by atoms with Crippen molar-refractivity contribution in [3.05, 3.63) is 75.3 Å². The molecule has 3 rings (SSSR count). The van der Waals surface area contributed by atoms with E-state index in [-0.39, 0.29) is 23.5 Å². The van der Waals surface area contributed by atoms with E-state index in [4.69, 9.17) is 15.6 Å². The second-order valence-electron chi connectivity index (χ2n) is 6.74. The van der Waals surface area contributed by atoms with Crippen LogP contribution in [-0.4, -0.2) is 47.7 Å². The molecule has 0 unspecified atom stereocenters. The molecule has 3 N–H and O–H groups in total. The van der Waals surface area contributed by atoms with Crippen LogP contribution in [0.2, 0.25) is 0 Å². The average Bonchev–Trinajstić information content (AvgIpc) is 3.17. The second kappa shape index (κ2) is 11.3. The predicted molar refractivity (Wildman–Crippen MR) is 113 cm³/mol. The summed E-state index contributed by atoms with van der Waals surface area (Å²) in [6.07, 6.45) is -4.11. The lowest BCUT2D eigenvalue weighted by Gasteiger charge is -2.07. The van der Waals surface area contributed by atoms with E-state index in [1.54, 1.807) is 35.0 Å². The lowest BCUT2D eigenvalue weighted by atomic mass is 10.2. The van der Waals surface area contributed by atoms with Gasteiger partial charge in [0, 0.05) is 36.5 Å². The van der Waals surface area contributed by atoms with Gasteiger partial charge < -0.3 is 15.4 Å². The number of alkyl halides is 3. The standard InChI is InChI=1S/C18H18F2N6O2.C2HF3O2/c1-2-24-9-12(6-7-16(24)27)14-4-3-5-15(23-14)25-11-22-26(18(25)28)10-13(8-21)17(19)20;3-2(4,5)1(6)7/h3-7,9,11H,2,8,10,21H2,1H3;(H,6,7). The van der Waals surface area contributed by atoms with E-state index in [1.165, 1.54) is 12.4 Å². The molecule has 0 saturated carbocycles. The Labute approximate surface area is 193 Å². The van der Waals surface area contributed by atoms with Gasteiger partial charge in [-0.3, -0.25) is 4.79 Å². The summed E-state index contributed by atoms with van der Waals surface area (Å²) in [7, 11) is 0. The zero-order valence-electron chi connectivity index (χ0n) is 18.0. The Bertz CT molecular complexity index is 1340. The summed E-state index contributed by atoms with van der Waals surface area (Å²) in [4.78, 5) is 37.6. The topological polar surface area (TPSA) is 138 Å². The molecule has 0 aliphatic carbocycles. The number of pyridine rings is 2. The fourth-order valence-corrected chi connectivity index (χ4v) is 2.63. The van der Waals surface area contributed by atoms with Crippen molar-refractivity contribution in [2.24, 2.45) is 5.73 Å². The lowest BCUT2D eigenvalue weighted by Crippen LogP contribution is -2.26. The maximum absolute atomic E-state index is 12.8. The van der Waals surface area contributed by atoms with Gasteiger partial charge in [0.05, 0.1) is 12.2 Å². The predicted octanol–water partition coefficient (Wildman–Crippen LogP) is 2.02. The van der Waals surface area contributed by atoms with Gasteiger partial charge >= 0.3 is 17.8 Å². The maximum atomic E-state index is 12.8. The summed E-state index contributed by atoms with van der Waals surface area (Å²) in [5, 5.41) is 11.0. The average molecular weight is 502 g/mol. The molecule has 0 amide bonds. The largest absolute Gasteiger partial charge is 0.490 e. The Morgan fingerprint density at radius 2 is 1.80 bits per heavy atom. The number of aliphatic carboxylic acids is 1. The summed E-state index contributed by atoms with van der Waals surface area (Å²) in [5.74, 6) is -2.48. The molecule has 0 aromatic carbocycles. The van der Waals surface area contributed by atoms with Crippen LogP contribution in [0.15, 0.2) is 64.1 Å². The van der Waals surface area contributed by atoms with Crippen LogP contribution in [-0.2, 0) is 17.9 Å². The Morgan fingerprint density at radius 1 is 1.14 bits per heavy atom. The first-order valence-corrected chi connectivity index (χ1v) is 9.75. The van der Waals surface area contributed by atoms with Crippen molar-refractivity contribution in [1.82, 2.24) is 23.9 Å². The first-order valence-electron chi connectivity index (χ1n) is 9.75. The molecule has 0 saturated heterocycles. The van der Waals surface area contributed by atoms with Crippen molar-refractivity contribution < 1.29 is 31.9 Å².